The highest BCUT2D eigenvalue weighted by Crippen LogP contribution is 2.23. The van der Waals surface area contributed by atoms with Gasteiger partial charge >= 0.3 is 0 Å². The minimum Gasteiger partial charge on any atom is -0.326 e. The fraction of sp³-hybridized carbons (Fsp3) is 0.105. The van der Waals surface area contributed by atoms with Crippen LogP contribution in [0.5, 0.6) is 0 Å². The maximum Gasteiger partial charge on any atom is 0.255 e. The molecule has 1 heterocycles. The summed E-state index contributed by atoms with van der Waals surface area (Å²) in [5.74, 6) is -0.408. The highest BCUT2D eigenvalue weighted by molar-refractivity contribution is 7.09. The average Bonchev–Trinajstić information content (AvgIpc) is 3.01. The number of amides is 2. The smallest absolute Gasteiger partial charge is 0.255 e. The summed E-state index contributed by atoms with van der Waals surface area (Å²) < 4.78 is 0. The van der Waals surface area contributed by atoms with Gasteiger partial charge in [0, 0.05) is 34.8 Å². The molecule has 6 heteroatoms. The van der Waals surface area contributed by atoms with Crippen LogP contribution in [0, 0.1) is 6.92 Å². The Balaban J connectivity index is 1.71. The van der Waals surface area contributed by atoms with Crippen molar-refractivity contribution in [3.05, 3.63) is 64.5 Å². The van der Waals surface area contributed by atoms with Gasteiger partial charge in [-0.15, -0.1) is 11.3 Å². The molecule has 0 saturated heterocycles. The van der Waals surface area contributed by atoms with Gasteiger partial charge in [0.25, 0.3) is 5.91 Å². The zero-order valence-corrected chi connectivity index (χ0v) is 14.7. The van der Waals surface area contributed by atoms with Crippen LogP contribution >= 0.6 is 11.3 Å². The zero-order chi connectivity index (χ0) is 17.8. The Morgan fingerprint density at radius 2 is 1.76 bits per heavy atom. The molecule has 0 aliphatic heterocycles. The van der Waals surface area contributed by atoms with E-state index in [4.69, 9.17) is 0 Å². The Morgan fingerprint density at radius 1 is 1.00 bits per heavy atom. The van der Waals surface area contributed by atoms with E-state index in [2.05, 4.69) is 15.6 Å². The first-order valence-corrected chi connectivity index (χ1v) is 8.61. The fourth-order valence-corrected chi connectivity index (χ4v) is 2.99. The van der Waals surface area contributed by atoms with Gasteiger partial charge in [0.1, 0.15) is 0 Å². The van der Waals surface area contributed by atoms with Crippen LogP contribution in [0.1, 0.15) is 22.3 Å². The maximum absolute atomic E-state index is 12.4. The lowest BCUT2D eigenvalue weighted by molar-refractivity contribution is -0.114. The minimum atomic E-state index is -0.232. The zero-order valence-electron chi connectivity index (χ0n) is 13.9. The van der Waals surface area contributed by atoms with Crippen LogP contribution in [0.15, 0.2) is 53.9 Å². The number of hydrogen-bond donors (Lipinski definition) is 2. The summed E-state index contributed by atoms with van der Waals surface area (Å²) in [6, 6.07) is 14.4. The van der Waals surface area contributed by atoms with E-state index < -0.39 is 0 Å². The summed E-state index contributed by atoms with van der Waals surface area (Å²) in [6.07, 6.45) is 0. The number of nitrogens with one attached hydrogen (secondary N) is 2. The van der Waals surface area contributed by atoms with Crippen molar-refractivity contribution in [2.45, 2.75) is 13.8 Å². The van der Waals surface area contributed by atoms with Gasteiger partial charge in [-0.2, -0.15) is 0 Å². The van der Waals surface area contributed by atoms with Gasteiger partial charge in [-0.3, -0.25) is 9.59 Å². The molecule has 2 aromatic carbocycles. The normalized spacial score (nSPS) is 10.3. The molecule has 3 aromatic rings. The van der Waals surface area contributed by atoms with Crippen molar-refractivity contribution in [1.29, 1.82) is 0 Å². The van der Waals surface area contributed by atoms with Crippen LogP contribution in [-0.4, -0.2) is 16.8 Å². The van der Waals surface area contributed by atoms with Crippen LogP contribution in [0.2, 0.25) is 0 Å². The molecule has 0 unspecified atom stereocenters. The van der Waals surface area contributed by atoms with E-state index in [0.717, 1.165) is 16.3 Å². The molecule has 1 aromatic heterocycles. The molecule has 0 aliphatic carbocycles. The van der Waals surface area contributed by atoms with Crippen LogP contribution in [0.3, 0.4) is 0 Å². The molecule has 5 nitrogen and oxygen atoms in total. The molecular formula is C19H17N3O2S. The standard InChI is InChI=1S/C19H17N3O2S/c1-12(23)20-17-5-3-4-15(10-17)19(24)22-16-8-6-14(7-9-16)18-11-25-13(2)21-18/h3-11H,1-2H3,(H,20,23)(H,22,24). The molecule has 2 amide bonds. The van der Waals surface area contributed by atoms with Crippen molar-refractivity contribution in [3.8, 4) is 11.3 Å². The third kappa shape index (κ3) is 4.30. The molecule has 0 radical (unpaired) electrons. The third-order valence-corrected chi connectivity index (χ3v) is 4.28. The van der Waals surface area contributed by atoms with Crippen LogP contribution in [0.25, 0.3) is 11.3 Å². The molecule has 0 spiro atoms. The summed E-state index contributed by atoms with van der Waals surface area (Å²) in [6.45, 7) is 3.40. The number of thiazole rings is 1. The molecule has 3 rings (SSSR count). The molecule has 25 heavy (non-hydrogen) atoms. The van der Waals surface area contributed by atoms with Crippen molar-refractivity contribution in [2.75, 3.05) is 10.6 Å². The lowest BCUT2D eigenvalue weighted by Gasteiger charge is -2.08. The number of hydrogen-bond acceptors (Lipinski definition) is 4. The second-order valence-electron chi connectivity index (χ2n) is 5.55. The Labute approximate surface area is 149 Å². The van der Waals surface area contributed by atoms with Gasteiger partial charge in [-0.25, -0.2) is 4.98 Å². The Bertz CT molecular complexity index is 916. The van der Waals surface area contributed by atoms with Crippen LogP contribution in [-0.2, 0) is 4.79 Å². The number of anilines is 2. The van der Waals surface area contributed by atoms with E-state index >= 15 is 0 Å². The average molecular weight is 351 g/mol. The van der Waals surface area contributed by atoms with E-state index in [1.807, 2.05) is 36.6 Å². The van der Waals surface area contributed by atoms with Gasteiger partial charge in [0.15, 0.2) is 0 Å². The lowest BCUT2D eigenvalue weighted by Crippen LogP contribution is -2.13. The molecular weight excluding hydrogens is 334 g/mol. The van der Waals surface area contributed by atoms with Crippen molar-refractivity contribution < 1.29 is 9.59 Å². The van der Waals surface area contributed by atoms with Crippen molar-refractivity contribution in [1.82, 2.24) is 4.98 Å². The Morgan fingerprint density at radius 3 is 2.40 bits per heavy atom. The van der Waals surface area contributed by atoms with Gasteiger partial charge in [0.2, 0.25) is 5.91 Å². The van der Waals surface area contributed by atoms with E-state index in [1.165, 1.54) is 6.92 Å². The van der Waals surface area contributed by atoms with Gasteiger partial charge in [0.05, 0.1) is 10.7 Å². The van der Waals surface area contributed by atoms with E-state index in [1.54, 1.807) is 35.6 Å². The van der Waals surface area contributed by atoms with Gasteiger partial charge in [-0.05, 0) is 37.3 Å². The molecule has 126 valence electrons. The maximum atomic E-state index is 12.4. The monoisotopic (exact) mass is 351 g/mol. The second kappa shape index (κ2) is 7.27. The predicted octanol–water partition coefficient (Wildman–Crippen LogP) is 4.33. The van der Waals surface area contributed by atoms with Gasteiger partial charge < -0.3 is 10.6 Å². The molecule has 0 bridgehead atoms. The quantitative estimate of drug-likeness (QED) is 0.735. The number of benzene rings is 2. The minimum absolute atomic E-state index is 0.176. The SMILES string of the molecule is CC(=O)Nc1cccc(C(=O)Nc2ccc(-c3csc(C)n3)cc2)c1. The number of rotatable bonds is 4. The largest absolute Gasteiger partial charge is 0.326 e. The molecule has 0 fully saturated rings. The van der Waals surface area contributed by atoms with Crippen molar-refractivity contribution in [3.63, 3.8) is 0 Å². The lowest BCUT2D eigenvalue weighted by atomic mass is 10.1. The van der Waals surface area contributed by atoms with Crippen LogP contribution in [0.4, 0.5) is 11.4 Å². The highest BCUT2D eigenvalue weighted by Gasteiger charge is 2.08. The van der Waals surface area contributed by atoms with Crippen molar-refractivity contribution >= 4 is 34.5 Å². The first-order valence-electron chi connectivity index (χ1n) is 7.73. The highest BCUT2D eigenvalue weighted by atomic mass is 32.1. The molecule has 0 atom stereocenters. The number of aryl methyl sites for hydroxylation is 1. The number of carbonyl (C=O) groups excluding carboxylic acids is 2. The molecule has 0 saturated carbocycles. The van der Waals surface area contributed by atoms with Gasteiger partial charge in [-0.1, -0.05) is 18.2 Å². The predicted molar refractivity (Wildman–Crippen MR) is 101 cm³/mol. The summed E-state index contributed by atoms with van der Waals surface area (Å²) in [7, 11) is 0. The third-order valence-electron chi connectivity index (χ3n) is 3.50. The summed E-state index contributed by atoms with van der Waals surface area (Å²) in [5.41, 5.74) is 3.71. The summed E-state index contributed by atoms with van der Waals surface area (Å²) in [4.78, 5) is 27.9. The summed E-state index contributed by atoms with van der Waals surface area (Å²) in [5, 5.41) is 8.55. The first kappa shape index (κ1) is 16.9. The van der Waals surface area contributed by atoms with E-state index in [-0.39, 0.29) is 11.8 Å². The molecule has 2 N–H and O–H groups in total. The van der Waals surface area contributed by atoms with E-state index in [0.29, 0.717) is 16.9 Å². The number of aromatic nitrogens is 1. The Hall–Kier alpha value is -2.99. The second-order valence-corrected chi connectivity index (χ2v) is 6.61. The van der Waals surface area contributed by atoms with Crippen LogP contribution < -0.4 is 10.6 Å². The first-order chi connectivity index (χ1) is 12.0. The summed E-state index contributed by atoms with van der Waals surface area (Å²) >= 11 is 1.61. The molecule has 0 aliphatic rings. The topological polar surface area (TPSA) is 71.1 Å². The Kier molecular flexibility index (Phi) is 4.90. The fourth-order valence-electron chi connectivity index (χ4n) is 2.37. The van der Waals surface area contributed by atoms with E-state index in [9.17, 15) is 9.59 Å². The number of carbonyl (C=O) groups is 2. The van der Waals surface area contributed by atoms with Crippen molar-refractivity contribution in [2.24, 2.45) is 0 Å². The number of nitrogens with zero attached hydrogens (tertiary/aromatic N) is 1.